The first kappa shape index (κ1) is 37.1. The third-order valence-corrected chi connectivity index (χ3v) is 7.06. The summed E-state index contributed by atoms with van der Waals surface area (Å²) in [5.74, 6) is -1.89. The van der Waals surface area contributed by atoms with Crippen LogP contribution in [0.1, 0.15) is 88.0 Å². The molecule has 39 heavy (non-hydrogen) atoms. The lowest BCUT2D eigenvalue weighted by Gasteiger charge is -2.33. The molecule has 0 unspecified atom stereocenters. The van der Waals surface area contributed by atoms with Crippen LogP contribution in [0, 0.1) is 0 Å². The third kappa shape index (κ3) is 21.6. The predicted molar refractivity (Wildman–Crippen MR) is 152 cm³/mol. The second-order valence-corrected chi connectivity index (χ2v) is 16.8. The first-order chi connectivity index (χ1) is 17.5. The molecule has 0 fully saturated rings. The molecule has 0 aromatic carbocycles. The van der Waals surface area contributed by atoms with Gasteiger partial charge < -0.3 is 19.5 Å². The Morgan fingerprint density at radius 3 is 1.67 bits per heavy atom. The fraction of sp³-hybridized carbons (Fsp3) is 0.846. The van der Waals surface area contributed by atoms with Crippen molar-refractivity contribution in [2.75, 3.05) is 31.6 Å². The zero-order valence-corrected chi connectivity index (χ0v) is 26.8. The summed E-state index contributed by atoms with van der Waals surface area (Å²) < 4.78 is 38.8. The number of rotatable bonds is 15. The number of unbranched alkanes of at least 4 members (excludes halogenated alkanes) is 1. The summed E-state index contributed by atoms with van der Waals surface area (Å²) in [5, 5.41) is 2.73. The molecule has 0 spiro atoms. The van der Waals surface area contributed by atoms with Gasteiger partial charge in [0, 0.05) is 25.0 Å². The van der Waals surface area contributed by atoms with Gasteiger partial charge in [0.1, 0.15) is 22.8 Å². The molecular formula is C26H48N2O9S2. The van der Waals surface area contributed by atoms with Gasteiger partial charge in [-0.2, -0.15) is 0 Å². The molecule has 0 rings (SSSR count). The fourth-order valence-electron chi connectivity index (χ4n) is 3.24. The smallest absolute Gasteiger partial charge is 0.323 e. The minimum Gasteiger partial charge on any atom is -0.459 e. The number of carbonyl (C=O) groups is 4. The van der Waals surface area contributed by atoms with E-state index in [0.29, 0.717) is 30.2 Å². The lowest BCUT2D eigenvalue weighted by Crippen LogP contribution is -2.50. The summed E-state index contributed by atoms with van der Waals surface area (Å²) in [5.41, 5.74) is -2.31. The van der Waals surface area contributed by atoms with Crippen molar-refractivity contribution in [1.29, 1.82) is 0 Å². The van der Waals surface area contributed by atoms with Gasteiger partial charge in [0.05, 0.1) is 13.1 Å². The summed E-state index contributed by atoms with van der Waals surface area (Å²) in [6, 6.07) is -0.939. The summed E-state index contributed by atoms with van der Waals surface area (Å²) in [4.78, 5) is 52.0. The average Bonchev–Trinajstić information content (AvgIpc) is 2.64. The number of ether oxygens (including phenoxy) is 3. The average molecular weight is 597 g/mol. The Kier molecular flexibility index (Phi) is 15.0. The van der Waals surface area contributed by atoms with E-state index < -0.39 is 49.6 Å². The molecule has 0 radical (unpaired) electrons. The molecule has 0 saturated heterocycles. The van der Waals surface area contributed by atoms with Crippen molar-refractivity contribution >= 4 is 43.5 Å². The highest BCUT2D eigenvalue weighted by Crippen LogP contribution is 2.18. The lowest BCUT2D eigenvalue weighted by molar-refractivity contribution is -0.168. The van der Waals surface area contributed by atoms with E-state index in [-0.39, 0.29) is 37.6 Å². The molecule has 0 saturated carbocycles. The van der Waals surface area contributed by atoms with Crippen LogP contribution in [0.5, 0.6) is 0 Å². The van der Waals surface area contributed by atoms with Crippen molar-refractivity contribution in [3.63, 3.8) is 0 Å². The second kappa shape index (κ2) is 15.8. The van der Waals surface area contributed by atoms with Crippen LogP contribution in [0.3, 0.4) is 0 Å². The number of hydrogen-bond donors (Lipinski definition) is 1. The third-order valence-electron chi connectivity index (χ3n) is 4.48. The Balaban J connectivity index is 5.49. The monoisotopic (exact) mass is 596 g/mol. The molecule has 0 aliphatic rings. The molecular weight excluding hydrogens is 548 g/mol. The maximum Gasteiger partial charge on any atom is 0.323 e. The highest BCUT2D eigenvalue weighted by molar-refractivity contribution is 8.71. The van der Waals surface area contributed by atoms with E-state index in [1.807, 2.05) is 0 Å². The number of esters is 3. The van der Waals surface area contributed by atoms with E-state index in [9.17, 15) is 27.6 Å². The van der Waals surface area contributed by atoms with Crippen molar-refractivity contribution in [3.8, 4) is 0 Å². The maximum atomic E-state index is 13.2. The van der Waals surface area contributed by atoms with Gasteiger partial charge in [0.25, 0.3) is 0 Å². The molecule has 1 N–H and O–H groups in total. The molecule has 0 aromatic heterocycles. The van der Waals surface area contributed by atoms with Gasteiger partial charge in [0.15, 0.2) is 8.87 Å². The quantitative estimate of drug-likeness (QED) is 0.129. The molecule has 0 bridgehead atoms. The first-order valence-corrected chi connectivity index (χ1v) is 16.4. The molecule has 1 atom stereocenters. The van der Waals surface area contributed by atoms with Crippen molar-refractivity contribution in [2.45, 2.75) is 111 Å². The molecule has 0 heterocycles. The number of carbonyl (C=O) groups excluding carboxylic acids is 4. The predicted octanol–water partition coefficient (Wildman–Crippen LogP) is 3.05. The fourth-order valence-corrected chi connectivity index (χ4v) is 4.97. The van der Waals surface area contributed by atoms with Gasteiger partial charge in [-0.05, 0) is 92.4 Å². The zero-order valence-electron chi connectivity index (χ0n) is 25.2. The van der Waals surface area contributed by atoms with Crippen LogP contribution in [0.15, 0.2) is 0 Å². The van der Waals surface area contributed by atoms with Crippen molar-refractivity contribution in [1.82, 2.24) is 10.2 Å². The first-order valence-electron chi connectivity index (χ1n) is 13.0. The van der Waals surface area contributed by atoms with Crippen LogP contribution in [-0.4, -0.2) is 91.6 Å². The Hall–Kier alpha value is -1.86. The van der Waals surface area contributed by atoms with E-state index in [2.05, 4.69) is 5.32 Å². The van der Waals surface area contributed by atoms with E-state index in [1.54, 1.807) is 62.3 Å². The van der Waals surface area contributed by atoms with Crippen LogP contribution < -0.4 is 5.32 Å². The number of amides is 1. The number of nitrogens with one attached hydrogen (secondary N) is 1. The van der Waals surface area contributed by atoms with Crippen LogP contribution in [0.2, 0.25) is 0 Å². The Morgan fingerprint density at radius 1 is 0.795 bits per heavy atom. The molecule has 0 aliphatic carbocycles. The van der Waals surface area contributed by atoms with Crippen LogP contribution in [0.4, 0.5) is 0 Å². The van der Waals surface area contributed by atoms with E-state index in [0.717, 1.165) is 6.26 Å². The van der Waals surface area contributed by atoms with Crippen LogP contribution in [0.25, 0.3) is 0 Å². The highest BCUT2D eigenvalue weighted by Gasteiger charge is 2.34. The zero-order chi connectivity index (χ0) is 30.7. The van der Waals surface area contributed by atoms with E-state index >= 15 is 0 Å². The SMILES string of the molecule is CC(C)(C)OC(=O)CN(CC(=O)OC(C)(C)C)[C@H](CCCCNC(=O)CCSS(C)(=O)=O)C(=O)OC(C)(C)C. The van der Waals surface area contributed by atoms with Crippen molar-refractivity contribution < 1.29 is 41.8 Å². The largest absolute Gasteiger partial charge is 0.459 e. The second-order valence-electron chi connectivity index (χ2n) is 12.2. The topological polar surface area (TPSA) is 145 Å². The van der Waals surface area contributed by atoms with Gasteiger partial charge in [0.2, 0.25) is 5.91 Å². The van der Waals surface area contributed by atoms with Gasteiger partial charge in [-0.15, -0.1) is 0 Å². The Bertz CT molecular complexity index is 901. The number of hydrogen-bond acceptors (Lipinski definition) is 11. The molecule has 11 nitrogen and oxygen atoms in total. The summed E-state index contributed by atoms with van der Waals surface area (Å²) >= 11 is 0. The van der Waals surface area contributed by atoms with Crippen molar-refractivity contribution in [2.24, 2.45) is 0 Å². The van der Waals surface area contributed by atoms with Gasteiger partial charge >= 0.3 is 17.9 Å². The summed E-state index contributed by atoms with van der Waals surface area (Å²) in [7, 11) is -2.49. The summed E-state index contributed by atoms with van der Waals surface area (Å²) in [6.07, 6.45) is 2.39. The highest BCUT2D eigenvalue weighted by atomic mass is 33.1. The van der Waals surface area contributed by atoms with E-state index in [1.165, 1.54) is 4.90 Å². The van der Waals surface area contributed by atoms with Crippen molar-refractivity contribution in [3.05, 3.63) is 0 Å². The standard InChI is InChI=1S/C26H48N2O9S2/c1-24(2,3)35-21(30)17-28(18-22(31)36-25(4,5)6)19(23(32)37-26(7,8)9)13-11-12-15-27-20(29)14-16-38-39(10,33)34/h19H,11-18H2,1-10H3,(H,27,29)/t19-/m1/s1. The minimum atomic E-state index is -3.20. The van der Waals surface area contributed by atoms with Gasteiger partial charge in [-0.25, -0.2) is 8.42 Å². The number of nitrogens with zero attached hydrogens (tertiary/aromatic N) is 1. The maximum absolute atomic E-state index is 13.2. The lowest BCUT2D eigenvalue weighted by atomic mass is 10.1. The molecule has 0 aliphatic heterocycles. The Labute approximate surface area is 237 Å². The molecule has 0 aromatic rings. The van der Waals surface area contributed by atoms with Crippen LogP contribution >= 0.6 is 10.8 Å². The molecule has 1 amide bonds. The Morgan fingerprint density at radius 2 is 1.26 bits per heavy atom. The molecule has 228 valence electrons. The summed E-state index contributed by atoms with van der Waals surface area (Å²) in [6.45, 7) is 15.2. The van der Waals surface area contributed by atoms with Gasteiger partial charge in [-0.1, -0.05) is 0 Å². The van der Waals surface area contributed by atoms with E-state index in [4.69, 9.17) is 14.2 Å². The normalized spacial score (nSPS) is 13.5. The molecule has 13 heteroatoms. The minimum absolute atomic E-state index is 0.0673. The van der Waals surface area contributed by atoms with Gasteiger partial charge in [-0.3, -0.25) is 24.1 Å². The van der Waals surface area contributed by atoms with Crippen LogP contribution in [-0.2, 0) is 42.3 Å².